The highest BCUT2D eigenvalue weighted by atomic mass is 32.1. The minimum atomic E-state index is 0.271. The number of piperidine rings is 1. The monoisotopic (exact) mass is 301 g/mol. The first-order valence-electron chi connectivity index (χ1n) is 7.24. The van der Waals surface area contributed by atoms with Crippen LogP contribution in [0.5, 0.6) is 0 Å². The number of aliphatic hydroxyl groups excluding tert-OH is 1. The van der Waals surface area contributed by atoms with E-state index in [0.29, 0.717) is 10.9 Å². The molecule has 0 saturated carbocycles. The lowest BCUT2D eigenvalue weighted by atomic mass is 9.96. The summed E-state index contributed by atoms with van der Waals surface area (Å²) in [6.45, 7) is 2.09. The van der Waals surface area contributed by atoms with E-state index >= 15 is 0 Å². The minimum Gasteiger partial charge on any atom is -0.396 e. The molecule has 21 heavy (non-hydrogen) atoms. The Morgan fingerprint density at radius 2 is 2.05 bits per heavy atom. The van der Waals surface area contributed by atoms with Crippen LogP contribution in [0.2, 0.25) is 0 Å². The average molecular weight is 301 g/mol. The second kappa shape index (κ2) is 5.95. The second-order valence-electron chi connectivity index (χ2n) is 5.51. The van der Waals surface area contributed by atoms with Crippen LogP contribution in [-0.4, -0.2) is 34.8 Å². The molecule has 1 aliphatic heterocycles. The first kappa shape index (κ1) is 14.2. The number of thiocarbonyl (C=S) groups is 1. The summed E-state index contributed by atoms with van der Waals surface area (Å²) >= 11 is 5.20. The number of fused-ring (bicyclic) bond motifs is 1. The second-order valence-corrected chi connectivity index (χ2v) is 5.95. The van der Waals surface area contributed by atoms with E-state index in [-0.39, 0.29) is 6.61 Å². The standard InChI is InChI=1S/C16H19N3OS/c17-16(21)13-9-18-14-4-2-1-3-12(14)15(13)19-7-5-11(10-20)6-8-19/h1-4,9,11,20H,5-8,10H2,(H2,17,21). The van der Waals surface area contributed by atoms with Crippen molar-refractivity contribution in [3.05, 3.63) is 36.0 Å². The number of benzene rings is 1. The third kappa shape index (κ3) is 2.71. The molecule has 3 N–H and O–H groups in total. The van der Waals surface area contributed by atoms with Crippen molar-refractivity contribution in [3.63, 3.8) is 0 Å². The largest absolute Gasteiger partial charge is 0.396 e. The van der Waals surface area contributed by atoms with Gasteiger partial charge >= 0.3 is 0 Å². The summed E-state index contributed by atoms with van der Waals surface area (Å²) in [6, 6.07) is 8.06. The smallest absolute Gasteiger partial charge is 0.107 e. The van der Waals surface area contributed by atoms with E-state index in [9.17, 15) is 5.11 Å². The van der Waals surface area contributed by atoms with Gasteiger partial charge in [0.2, 0.25) is 0 Å². The Labute approximate surface area is 129 Å². The van der Waals surface area contributed by atoms with Crippen LogP contribution in [0.15, 0.2) is 30.5 Å². The lowest BCUT2D eigenvalue weighted by Gasteiger charge is -2.34. The number of nitrogens with zero attached hydrogens (tertiary/aromatic N) is 2. The quantitative estimate of drug-likeness (QED) is 0.850. The van der Waals surface area contributed by atoms with Gasteiger partial charge in [-0.1, -0.05) is 30.4 Å². The molecule has 1 saturated heterocycles. The highest BCUT2D eigenvalue weighted by molar-refractivity contribution is 7.80. The first-order chi connectivity index (χ1) is 10.2. The van der Waals surface area contributed by atoms with Gasteiger partial charge in [-0.3, -0.25) is 4.98 Å². The summed E-state index contributed by atoms with van der Waals surface area (Å²) in [6.07, 6.45) is 3.76. The molecule has 3 rings (SSSR count). The highest BCUT2D eigenvalue weighted by Crippen LogP contribution is 2.32. The zero-order valence-corrected chi connectivity index (χ0v) is 12.6. The van der Waals surface area contributed by atoms with Crippen molar-refractivity contribution in [1.29, 1.82) is 0 Å². The topological polar surface area (TPSA) is 62.4 Å². The van der Waals surface area contributed by atoms with Crippen LogP contribution in [0.1, 0.15) is 18.4 Å². The molecule has 0 radical (unpaired) electrons. The molecule has 4 nitrogen and oxygen atoms in total. The van der Waals surface area contributed by atoms with Crippen LogP contribution < -0.4 is 10.6 Å². The Bertz CT molecular complexity index is 666. The fraction of sp³-hybridized carbons (Fsp3) is 0.375. The highest BCUT2D eigenvalue weighted by Gasteiger charge is 2.23. The van der Waals surface area contributed by atoms with Gasteiger partial charge in [0.25, 0.3) is 0 Å². The number of aliphatic hydroxyl groups is 1. The van der Waals surface area contributed by atoms with Gasteiger partial charge in [-0.05, 0) is 24.8 Å². The van der Waals surface area contributed by atoms with Crippen molar-refractivity contribution in [2.24, 2.45) is 11.7 Å². The number of hydrogen-bond acceptors (Lipinski definition) is 4. The van der Waals surface area contributed by atoms with Crippen molar-refractivity contribution in [2.45, 2.75) is 12.8 Å². The molecule has 0 unspecified atom stereocenters. The zero-order valence-electron chi connectivity index (χ0n) is 11.8. The summed E-state index contributed by atoms with van der Waals surface area (Å²) in [7, 11) is 0. The fourth-order valence-electron chi connectivity index (χ4n) is 2.99. The number of hydrogen-bond donors (Lipinski definition) is 2. The van der Waals surface area contributed by atoms with E-state index in [1.165, 1.54) is 0 Å². The maximum Gasteiger partial charge on any atom is 0.107 e. The van der Waals surface area contributed by atoms with Gasteiger partial charge in [0.15, 0.2) is 0 Å². The molecular formula is C16H19N3OS. The molecule has 1 fully saturated rings. The van der Waals surface area contributed by atoms with Gasteiger partial charge in [-0.15, -0.1) is 0 Å². The predicted molar refractivity (Wildman–Crippen MR) is 89.7 cm³/mol. The molecule has 2 aromatic rings. The van der Waals surface area contributed by atoms with E-state index in [2.05, 4.69) is 16.0 Å². The Morgan fingerprint density at radius 3 is 2.71 bits per heavy atom. The molecule has 0 amide bonds. The molecule has 0 aliphatic carbocycles. The number of pyridine rings is 1. The summed E-state index contributed by atoms with van der Waals surface area (Å²) in [5, 5.41) is 10.4. The molecule has 1 aromatic heterocycles. The third-order valence-electron chi connectivity index (χ3n) is 4.20. The number of nitrogens with two attached hydrogens (primary N) is 1. The van der Waals surface area contributed by atoms with Gasteiger partial charge in [-0.25, -0.2) is 0 Å². The molecule has 0 spiro atoms. The maximum atomic E-state index is 9.29. The van der Waals surface area contributed by atoms with Crippen molar-refractivity contribution in [1.82, 2.24) is 4.98 Å². The van der Waals surface area contributed by atoms with E-state index in [1.54, 1.807) is 6.20 Å². The van der Waals surface area contributed by atoms with Crippen molar-refractivity contribution >= 4 is 33.8 Å². The van der Waals surface area contributed by atoms with E-state index < -0.39 is 0 Å². The van der Waals surface area contributed by atoms with Gasteiger partial charge in [0, 0.05) is 31.3 Å². The normalized spacial score (nSPS) is 16.3. The average Bonchev–Trinajstić information content (AvgIpc) is 2.53. The molecule has 1 aromatic carbocycles. The van der Waals surface area contributed by atoms with Crippen molar-refractivity contribution < 1.29 is 5.11 Å². The van der Waals surface area contributed by atoms with Crippen LogP contribution in [0.3, 0.4) is 0 Å². The summed E-state index contributed by atoms with van der Waals surface area (Å²) < 4.78 is 0. The van der Waals surface area contributed by atoms with E-state index in [4.69, 9.17) is 18.0 Å². The van der Waals surface area contributed by atoms with Crippen LogP contribution in [0.4, 0.5) is 5.69 Å². The number of rotatable bonds is 3. The Hall–Kier alpha value is -1.72. The lowest BCUT2D eigenvalue weighted by molar-refractivity contribution is 0.203. The Kier molecular flexibility index (Phi) is 4.03. The maximum absolute atomic E-state index is 9.29. The molecular weight excluding hydrogens is 282 g/mol. The Morgan fingerprint density at radius 1 is 1.33 bits per heavy atom. The molecule has 0 bridgehead atoms. The van der Waals surface area contributed by atoms with Gasteiger partial charge < -0.3 is 15.7 Å². The van der Waals surface area contributed by atoms with E-state index in [1.807, 2.05) is 18.2 Å². The summed E-state index contributed by atoms with van der Waals surface area (Å²) in [5.74, 6) is 0.405. The molecule has 5 heteroatoms. The van der Waals surface area contributed by atoms with Gasteiger partial charge in [0.1, 0.15) is 4.99 Å². The van der Waals surface area contributed by atoms with Crippen LogP contribution in [-0.2, 0) is 0 Å². The molecule has 110 valence electrons. The van der Waals surface area contributed by atoms with Crippen LogP contribution in [0, 0.1) is 5.92 Å². The number of aromatic nitrogens is 1. The van der Waals surface area contributed by atoms with E-state index in [0.717, 1.165) is 48.1 Å². The number of anilines is 1. The van der Waals surface area contributed by atoms with Gasteiger partial charge in [-0.2, -0.15) is 0 Å². The fourth-order valence-corrected chi connectivity index (χ4v) is 3.14. The first-order valence-corrected chi connectivity index (χ1v) is 7.65. The summed E-state index contributed by atoms with van der Waals surface area (Å²) in [5.41, 5.74) is 8.77. The summed E-state index contributed by atoms with van der Waals surface area (Å²) in [4.78, 5) is 7.16. The predicted octanol–water partition coefficient (Wildman–Crippen LogP) is 2.08. The Balaban J connectivity index is 2.07. The SMILES string of the molecule is NC(=S)c1cnc2ccccc2c1N1CCC(CO)CC1. The third-order valence-corrected chi connectivity index (χ3v) is 4.42. The van der Waals surface area contributed by atoms with Crippen molar-refractivity contribution in [2.75, 3.05) is 24.6 Å². The molecule has 2 heterocycles. The van der Waals surface area contributed by atoms with Gasteiger partial charge in [0.05, 0.1) is 16.8 Å². The zero-order chi connectivity index (χ0) is 14.8. The molecule has 1 aliphatic rings. The molecule has 0 atom stereocenters. The lowest BCUT2D eigenvalue weighted by Crippen LogP contribution is -2.36. The van der Waals surface area contributed by atoms with Crippen LogP contribution in [0.25, 0.3) is 10.9 Å². The van der Waals surface area contributed by atoms with Crippen LogP contribution >= 0.6 is 12.2 Å². The minimum absolute atomic E-state index is 0.271. The number of para-hydroxylation sites is 1. The van der Waals surface area contributed by atoms with Crippen molar-refractivity contribution in [3.8, 4) is 0 Å².